The number of nitrogens with zero attached hydrogens (tertiary/aromatic N) is 2. The van der Waals surface area contributed by atoms with E-state index in [9.17, 15) is 14.0 Å². The molecular formula is C18H19FN2O3S. The number of hydrogen-bond acceptors (Lipinski definition) is 5. The number of likely N-dealkylation sites (tertiary alicyclic amines) is 1. The Kier molecular flexibility index (Phi) is 5.43. The lowest BCUT2D eigenvalue weighted by molar-refractivity contribution is -0.136. The second-order valence-corrected chi connectivity index (χ2v) is 7.07. The number of piperidine rings is 1. The van der Waals surface area contributed by atoms with Crippen LogP contribution in [0.3, 0.4) is 0 Å². The number of thiazole rings is 1. The largest absolute Gasteiger partial charge is 0.451 e. The second-order valence-electron chi connectivity index (χ2n) is 6.21. The number of esters is 1. The Morgan fingerprint density at radius 1 is 1.36 bits per heavy atom. The van der Waals surface area contributed by atoms with Gasteiger partial charge >= 0.3 is 5.97 Å². The van der Waals surface area contributed by atoms with Crippen molar-refractivity contribution < 1.29 is 18.7 Å². The van der Waals surface area contributed by atoms with E-state index in [1.54, 1.807) is 22.4 Å². The molecule has 2 aromatic rings. The number of rotatable bonds is 4. The second kappa shape index (κ2) is 7.74. The Hall–Kier alpha value is -2.28. The zero-order chi connectivity index (χ0) is 17.8. The van der Waals surface area contributed by atoms with E-state index in [0.29, 0.717) is 24.0 Å². The first-order valence-corrected chi connectivity index (χ1v) is 9.07. The van der Waals surface area contributed by atoms with E-state index < -0.39 is 5.97 Å². The van der Waals surface area contributed by atoms with E-state index in [4.69, 9.17) is 4.74 Å². The van der Waals surface area contributed by atoms with Gasteiger partial charge in [-0.1, -0.05) is 6.92 Å². The van der Waals surface area contributed by atoms with Crippen molar-refractivity contribution >= 4 is 23.2 Å². The lowest BCUT2D eigenvalue weighted by atomic mass is 10.0. The molecule has 1 aromatic carbocycles. The highest BCUT2D eigenvalue weighted by molar-refractivity contribution is 7.13. The molecule has 0 unspecified atom stereocenters. The van der Waals surface area contributed by atoms with Gasteiger partial charge in [-0.2, -0.15) is 0 Å². The summed E-state index contributed by atoms with van der Waals surface area (Å²) in [6.45, 7) is 3.26. The Labute approximate surface area is 149 Å². The van der Waals surface area contributed by atoms with Crippen molar-refractivity contribution in [3.05, 3.63) is 41.2 Å². The van der Waals surface area contributed by atoms with E-state index in [1.807, 2.05) is 0 Å². The molecule has 1 aliphatic heterocycles. The van der Waals surface area contributed by atoms with Crippen LogP contribution in [0.4, 0.5) is 4.39 Å². The van der Waals surface area contributed by atoms with Gasteiger partial charge in [0.05, 0.1) is 0 Å². The molecule has 0 saturated carbocycles. The summed E-state index contributed by atoms with van der Waals surface area (Å²) >= 11 is 1.27. The third-order valence-corrected chi connectivity index (χ3v) is 5.03. The van der Waals surface area contributed by atoms with Gasteiger partial charge in [0, 0.05) is 24.0 Å². The quantitative estimate of drug-likeness (QED) is 0.783. The number of amides is 1. The highest BCUT2D eigenvalue weighted by Crippen LogP contribution is 2.24. The van der Waals surface area contributed by atoms with Crippen LogP contribution in [0.15, 0.2) is 29.6 Å². The minimum atomic E-state index is -0.622. The molecule has 3 rings (SSSR count). The highest BCUT2D eigenvalue weighted by atomic mass is 32.1. The fraction of sp³-hybridized carbons (Fsp3) is 0.389. The van der Waals surface area contributed by atoms with E-state index in [2.05, 4.69) is 11.9 Å². The summed E-state index contributed by atoms with van der Waals surface area (Å²) in [5.74, 6) is -0.646. The summed E-state index contributed by atoms with van der Waals surface area (Å²) in [5, 5.41) is 2.18. The lowest BCUT2D eigenvalue weighted by Gasteiger charge is -2.30. The third kappa shape index (κ3) is 4.42. The summed E-state index contributed by atoms with van der Waals surface area (Å²) < 4.78 is 18.1. The smallest absolute Gasteiger partial charge is 0.358 e. The minimum Gasteiger partial charge on any atom is -0.451 e. The van der Waals surface area contributed by atoms with Crippen LogP contribution in [0.1, 0.15) is 30.3 Å². The minimum absolute atomic E-state index is 0.157. The van der Waals surface area contributed by atoms with Gasteiger partial charge in [-0.25, -0.2) is 14.2 Å². The number of aromatic nitrogens is 1. The topological polar surface area (TPSA) is 59.5 Å². The van der Waals surface area contributed by atoms with E-state index in [1.165, 1.54) is 23.5 Å². The van der Waals surface area contributed by atoms with Gasteiger partial charge in [0.15, 0.2) is 12.3 Å². The van der Waals surface area contributed by atoms with E-state index >= 15 is 0 Å². The molecule has 132 valence electrons. The Morgan fingerprint density at radius 2 is 2.12 bits per heavy atom. The maximum atomic E-state index is 13.0. The van der Waals surface area contributed by atoms with Crippen LogP contribution in [-0.2, 0) is 9.53 Å². The van der Waals surface area contributed by atoms with E-state index in [-0.39, 0.29) is 24.0 Å². The molecular weight excluding hydrogens is 343 g/mol. The van der Waals surface area contributed by atoms with Crippen molar-refractivity contribution in [3.63, 3.8) is 0 Å². The summed E-state index contributed by atoms with van der Waals surface area (Å²) in [6, 6.07) is 5.88. The molecule has 1 aliphatic rings. The first kappa shape index (κ1) is 17.5. The van der Waals surface area contributed by atoms with Crippen LogP contribution >= 0.6 is 11.3 Å². The summed E-state index contributed by atoms with van der Waals surface area (Å²) in [5.41, 5.74) is 0.882. The third-order valence-electron chi connectivity index (χ3n) is 4.14. The zero-order valence-corrected chi connectivity index (χ0v) is 14.7. The average molecular weight is 362 g/mol. The summed E-state index contributed by atoms with van der Waals surface area (Å²) in [4.78, 5) is 30.2. The van der Waals surface area contributed by atoms with Gasteiger partial charge in [0.2, 0.25) is 0 Å². The normalized spacial score (nSPS) is 17.4. The molecule has 1 atom stereocenters. The van der Waals surface area contributed by atoms with Crippen molar-refractivity contribution in [2.75, 3.05) is 19.7 Å². The number of ether oxygens (including phenoxy) is 1. The van der Waals surface area contributed by atoms with Crippen LogP contribution in [-0.4, -0.2) is 41.5 Å². The zero-order valence-electron chi connectivity index (χ0n) is 13.9. The molecule has 1 amide bonds. The van der Waals surface area contributed by atoms with Crippen molar-refractivity contribution in [1.29, 1.82) is 0 Å². The molecule has 0 spiro atoms. The molecule has 25 heavy (non-hydrogen) atoms. The Bertz CT molecular complexity index is 760. The summed E-state index contributed by atoms with van der Waals surface area (Å²) in [6.07, 6.45) is 2.10. The fourth-order valence-electron chi connectivity index (χ4n) is 2.80. The molecule has 1 fully saturated rings. The van der Waals surface area contributed by atoms with Gasteiger partial charge in [-0.3, -0.25) is 4.79 Å². The number of benzene rings is 1. The van der Waals surface area contributed by atoms with Crippen LogP contribution in [0, 0.1) is 11.7 Å². The highest BCUT2D eigenvalue weighted by Gasteiger charge is 2.22. The molecule has 0 aliphatic carbocycles. The molecule has 1 aromatic heterocycles. The SMILES string of the molecule is C[C@@H]1CCCN(C(=O)COC(=O)c2csc(-c3ccc(F)cc3)n2)C1. The number of carbonyl (C=O) groups is 2. The van der Waals surface area contributed by atoms with Gasteiger partial charge in [-0.05, 0) is 43.0 Å². The van der Waals surface area contributed by atoms with Crippen molar-refractivity contribution in [1.82, 2.24) is 9.88 Å². The van der Waals surface area contributed by atoms with Crippen molar-refractivity contribution in [2.24, 2.45) is 5.92 Å². The molecule has 0 radical (unpaired) electrons. The van der Waals surface area contributed by atoms with Crippen molar-refractivity contribution in [3.8, 4) is 10.6 Å². The van der Waals surface area contributed by atoms with Gasteiger partial charge < -0.3 is 9.64 Å². The molecule has 7 heteroatoms. The molecule has 0 bridgehead atoms. The standard InChI is InChI=1S/C18H19FN2O3S/c1-12-3-2-8-21(9-12)16(22)10-24-18(23)15-11-25-17(20-15)13-4-6-14(19)7-5-13/h4-7,11-12H,2-3,8-10H2,1H3/t12-/m1/s1. The van der Waals surface area contributed by atoms with Gasteiger partial charge in [-0.15, -0.1) is 11.3 Å². The maximum absolute atomic E-state index is 13.0. The number of carbonyl (C=O) groups excluding carboxylic acids is 2. The van der Waals surface area contributed by atoms with Gasteiger partial charge in [0.1, 0.15) is 10.8 Å². The predicted molar refractivity (Wildman–Crippen MR) is 92.8 cm³/mol. The lowest BCUT2D eigenvalue weighted by Crippen LogP contribution is -2.41. The monoisotopic (exact) mass is 362 g/mol. The van der Waals surface area contributed by atoms with E-state index in [0.717, 1.165) is 18.4 Å². The molecule has 2 heterocycles. The first-order valence-electron chi connectivity index (χ1n) is 8.19. The Balaban J connectivity index is 1.56. The average Bonchev–Trinajstić information content (AvgIpc) is 3.10. The molecule has 1 saturated heterocycles. The van der Waals surface area contributed by atoms with Gasteiger partial charge in [0.25, 0.3) is 5.91 Å². The molecule has 0 N–H and O–H groups in total. The number of hydrogen-bond donors (Lipinski definition) is 0. The predicted octanol–water partition coefficient (Wildman–Crippen LogP) is 3.36. The van der Waals surface area contributed by atoms with Crippen LogP contribution in [0.25, 0.3) is 10.6 Å². The molecule has 5 nitrogen and oxygen atoms in total. The number of halogens is 1. The maximum Gasteiger partial charge on any atom is 0.358 e. The van der Waals surface area contributed by atoms with Crippen molar-refractivity contribution in [2.45, 2.75) is 19.8 Å². The first-order chi connectivity index (χ1) is 12.0. The van der Waals surface area contributed by atoms with Crippen LogP contribution in [0.5, 0.6) is 0 Å². The van der Waals surface area contributed by atoms with Crippen LogP contribution < -0.4 is 0 Å². The fourth-order valence-corrected chi connectivity index (χ4v) is 3.60. The van der Waals surface area contributed by atoms with Crippen LogP contribution in [0.2, 0.25) is 0 Å². The Morgan fingerprint density at radius 3 is 2.84 bits per heavy atom. The summed E-state index contributed by atoms with van der Waals surface area (Å²) in [7, 11) is 0.